The molecule has 0 bridgehead atoms. The van der Waals surface area contributed by atoms with Crippen LogP contribution in [-0.2, 0) is 4.79 Å². The van der Waals surface area contributed by atoms with E-state index in [1.807, 2.05) is 0 Å². The normalized spacial score (nSPS) is 24.4. The van der Waals surface area contributed by atoms with E-state index in [1.165, 1.54) is 0 Å². The summed E-state index contributed by atoms with van der Waals surface area (Å²) >= 11 is 0. The number of likely N-dealkylation sites (tertiary alicyclic amines) is 1. The first-order valence-electron chi connectivity index (χ1n) is 7.11. The largest absolute Gasteiger partial charge is 0.480 e. The van der Waals surface area contributed by atoms with Crippen molar-refractivity contribution in [2.45, 2.75) is 46.6 Å². The highest BCUT2D eigenvalue weighted by Gasteiger charge is 2.42. The number of piperidine rings is 1. The molecular formula is C14H28N2O2. The Labute approximate surface area is 111 Å². The first kappa shape index (κ1) is 15.4. The van der Waals surface area contributed by atoms with E-state index in [4.69, 9.17) is 0 Å². The van der Waals surface area contributed by atoms with Crippen molar-refractivity contribution in [2.24, 2.45) is 5.41 Å². The number of hydrogen-bond acceptors (Lipinski definition) is 3. The van der Waals surface area contributed by atoms with Gasteiger partial charge in [-0.3, -0.25) is 9.69 Å². The van der Waals surface area contributed by atoms with E-state index in [2.05, 4.69) is 37.5 Å². The van der Waals surface area contributed by atoms with Crippen LogP contribution in [0.25, 0.3) is 0 Å². The Morgan fingerprint density at radius 2 is 2.00 bits per heavy atom. The summed E-state index contributed by atoms with van der Waals surface area (Å²) in [6.07, 6.45) is 2.11. The predicted molar refractivity (Wildman–Crippen MR) is 73.8 cm³/mol. The monoisotopic (exact) mass is 256 g/mol. The molecule has 0 aliphatic carbocycles. The molecule has 0 radical (unpaired) electrons. The summed E-state index contributed by atoms with van der Waals surface area (Å²) in [4.78, 5) is 16.0. The number of hydrogen-bond donors (Lipinski definition) is 1. The Bertz CT molecular complexity index is 275. The highest BCUT2D eigenvalue weighted by atomic mass is 16.4. The van der Waals surface area contributed by atoms with Gasteiger partial charge in [-0.15, -0.1) is 0 Å². The van der Waals surface area contributed by atoms with E-state index in [-0.39, 0.29) is 11.5 Å². The molecule has 0 aromatic carbocycles. The number of carbonyl (C=O) groups is 1. The number of carboxylic acid groups (broad SMARTS) is 1. The predicted octanol–water partition coefficient (Wildman–Crippen LogP) is 1.90. The van der Waals surface area contributed by atoms with Crippen molar-refractivity contribution in [3.05, 3.63) is 0 Å². The van der Waals surface area contributed by atoms with Crippen molar-refractivity contribution in [1.29, 1.82) is 0 Å². The van der Waals surface area contributed by atoms with Crippen LogP contribution in [-0.4, -0.2) is 59.6 Å². The van der Waals surface area contributed by atoms with Gasteiger partial charge in [0.2, 0.25) is 0 Å². The van der Waals surface area contributed by atoms with Gasteiger partial charge in [-0.05, 0) is 37.9 Å². The minimum Gasteiger partial charge on any atom is -0.480 e. The minimum atomic E-state index is -0.667. The zero-order chi connectivity index (χ0) is 13.8. The molecule has 0 spiro atoms. The maximum absolute atomic E-state index is 11.5. The number of aliphatic carboxylic acids is 1. The van der Waals surface area contributed by atoms with Gasteiger partial charge in [0.15, 0.2) is 0 Å². The second-order valence-corrected chi connectivity index (χ2v) is 5.90. The van der Waals surface area contributed by atoms with Gasteiger partial charge in [0, 0.05) is 13.1 Å². The van der Waals surface area contributed by atoms with Gasteiger partial charge < -0.3 is 10.0 Å². The van der Waals surface area contributed by atoms with Crippen LogP contribution in [0.1, 0.15) is 40.5 Å². The Balaban J connectivity index is 2.64. The van der Waals surface area contributed by atoms with Crippen molar-refractivity contribution >= 4 is 5.97 Å². The average Bonchev–Trinajstić information content (AvgIpc) is 2.28. The lowest BCUT2D eigenvalue weighted by molar-refractivity contribution is -0.150. The zero-order valence-electron chi connectivity index (χ0n) is 12.3. The summed E-state index contributed by atoms with van der Waals surface area (Å²) in [5.74, 6) is -0.667. The van der Waals surface area contributed by atoms with Gasteiger partial charge in [0.05, 0.1) is 0 Å². The molecule has 4 nitrogen and oxygen atoms in total. The van der Waals surface area contributed by atoms with Gasteiger partial charge in [0.1, 0.15) is 6.04 Å². The fraction of sp³-hybridized carbons (Fsp3) is 0.929. The smallest absolute Gasteiger partial charge is 0.321 e. The van der Waals surface area contributed by atoms with E-state index < -0.39 is 5.97 Å². The molecule has 1 atom stereocenters. The Kier molecular flexibility index (Phi) is 5.60. The molecule has 1 saturated heterocycles. The quantitative estimate of drug-likeness (QED) is 0.788. The topological polar surface area (TPSA) is 43.8 Å². The molecule has 1 unspecified atom stereocenters. The van der Waals surface area contributed by atoms with Gasteiger partial charge >= 0.3 is 5.97 Å². The SMILES string of the molecule is CCN(CC)CCN1CCCC(C)(C)C1C(=O)O. The molecule has 1 fully saturated rings. The van der Waals surface area contributed by atoms with Gasteiger partial charge in [-0.2, -0.15) is 0 Å². The van der Waals surface area contributed by atoms with Crippen LogP contribution >= 0.6 is 0 Å². The lowest BCUT2D eigenvalue weighted by Crippen LogP contribution is -2.55. The molecule has 4 heteroatoms. The number of likely N-dealkylation sites (N-methyl/N-ethyl adjacent to an activating group) is 1. The molecule has 0 saturated carbocycles. The highest BCUT2D eigenvalue weighted by molar-refractivity contribution is 5.74. The zero-order valence-corrected chi connectivity index (χ0v) is 12.3. The maximum atomic E-state index is 11.5. The first-order valence-corrected chi connectivity index (χ1v) is 7.11. The van der Waals surface area contributed by atoms with Crippen LogP contribution < -0.4 is 0 Å². The second-order valence-electron chi connectivity index (χ2n) is 5.90. The summed E-state index contributed by atoms with van der Waals surface area (Å²) in [5.41, 5.74) is -0.118. The average molecular weight is 256 g/mol. The van der Waals surface area contributed by atoms with Crippen molar-refractivity contribution < 1.29 is 9.90 Å². The Hall–Kier alpha value is -0.610. The van der Waals surface area contributed by atoms with Crippen LogP contribution in [0.15, 0.2) is 0 Å². The first-order chi connectivity index (χ1) is 8.42. The van der Waals surface area contributed by atoms with E-state index in [1.54, 1.807) is 0 Å². The lowest BCUT2D eigenvalue weighted by atomic mass is 9.76. The van der Waals surface area contributed by atoms with Crippen molar-refractivity contribution in [3.8, 4) is 0 Å². The molecule has 1 rings (SSSR count). The van der Waals surface area contributed by atoms with Crippen LogP contribution in [0, 0.1) is 5.41 Å². The Morgan fingerprint density at radius 3 is 2.50 bits per heavy atom. The maximum Gasteiger partial charge on any atom is 0.321 e. The van der Waals surface area contributed by atoms with E-state index in [0.29, 0.717) is 0 Å². The highest BCUT2D eigenvalue weighted by Crippen LogP contribution is 2.35. The fourth-order valence-electron chi connectivity index (χ4n) is 3.04. The molecule has 1 aliphatic heterocycles. The van der Waals surface area contributed by atoms with Crippen molar-refractivity contribution in [3.63, 3.8) is 0 Å². The van der Waals surface area contributed by atoms with Crippen LogP contribution in [0.3, 0.4) is 0 Å². The van der Waals surface area contributed by atoms with Crippen LogP contribution in [0.5, 0.6) is 0 Å². The molecule has 106 valence electrons. The summed E-state index contributed by atoms with van der Waals surface area (Å²) in [7, 11) is 0. The van der Waals surface area contributed by atoms with E-state index >= 15 is 0 Å². The molecular weight excluding hydrogens is 228 g/mol. The number of rotatable bonds is 6. The third-order valence-electron chi connectivity index (χ3n) is 4.20. The van der Waals surface area contributed by atoms with Crippen LogP contribution in [0.2, 0.25) is 0 Å². The lowest BCUT2D eigenvalue weighted by Gasteiger charge is -2.44. The van der Waals surface area contributed by atoms with E-state index in [0.717, 1.165) is 45.6 Å². The molecule has 0 amide bonds. The Morgan fingerprint density at radius 1 is 1.39 bits per heavy atom. The van der Waals surface area contributed by atoms with Crippen molar-refractivity contribution in [1.82, 2.24) is 9.80 Å². The summed E-state index contributed by atoms with van der Waals surface area (Å²) in [6, 6.07) is -0.332. The van der Waals surface area contributed by atoms with Gasteiger partial charge in [-0.1, -0.05) is 27.7 Å². The molecule has 1 N–H and O–H groups in total. The number of nitrogens with zero attached hydrogens (tertiary/aromatic N) is 2. The third kappa shape index (κ3) is 3.69. The summed E-state index contributed by atoms with van der Waals surface area (Å²) in [6.45, 7) is 13.3. The minimum absolute atomic E-state index is 0.118. The summed E-state index contributed by atoms with van der Waals surface area (Å²) < 4.78 is 0. The van der Waals surface area contributed by atoms with E-state index in [9.17, 15) is 9.90 Å². The molecule has 0 aromatic rings. The molecule has 1 heterocycles. The third-order valence-corrected chi connectivity index (χ3v) is 4.20. The molecule has 1 aliphatic rings. The standard InChI is InChI=1S/C14H28N2O2/c1-5-15(6-2)10-11-16-9-7-8-14(3,4)12(16)13(17)18/h12H,5-11H2,1-4H3,(H,17,18). The molecule has 0 aromatic heterocycles. The number of carboxylic acids is 1. The van der Waals surface area contributed by atoms with Crippen molar-refractivity contribution in [2.75, 3.05) is 32.7 Å². The fourth-order valence-corrected chi connectivity index (χ4v) is 3.04. The second kappa shape index (κ2) is 6.53. The molecule has 18 heavy (non-hydrogen) atoms. The summed E-state index contributed by atoms with van der Waals surface area (Å²) in [5, 5.41) is 9.47. The van der Waals surface area contributed by atoms with Gasteiger partial charge in [0.25, 0.3) is 0 Å². The van der Waals surface area contributed by atoms with Crippen LogP contribution in [0.4, 0.5) is 0 Å². The van der Waals surface area contributed by atoms with Gasteiger partial charge in [-0.25, -0.2) is 0 Å².